The summed E-state index contributed by atoms with van der Waals surface area (Å²) >= 11 is 19.2. The number of ether oxygens (including phenoxy) is 2. The van der Waals surface area contributed by atoms with Crippen molar-refractivity contribution in [1.29, 1.82) is 0 Å². The van der Waals surface area contributed by atoms with Crippen LogP contribution in [0.2, 0.25) is 0 Å². The summed E-state index contributed by atoms with van der Waals surface area (Å²) in [5.41, 5.74) is 2.08. The number of aliphatic hydroxyl groups excluding tert-OH is 2. The molecule has 2 aromatic carbocycles. The fourth-order valence-electron chi connectivity index (χ4n) is 6.70. The Hall–Kier alpha value is -4.46. The fourth-order valence-corrected chi connectivity index (χ4v) is 7.62. The van der Waals surface area contributed by atoms with Crippen LogP contribution in [-0.4, -0.2) is 112 Å². The van der Waals surface area contributed by atoms with Gasteiger partial charge in [0.05, 0.1) is 34.4 Å². The molecule has 2 heterocycles. The standard InChI is InChI=1S/C41H53Cl3F2N8O8/c1-25(40(2,44)24-42)35(43)32(47-3)17-16-30(55)15-12-28-23-61-34(41(45,46)36(28)56)21-53-20-31(33(52-48-4)19-49-18-26-8-6-5-7-9-26)37(50-38(53)57)51-39(58)62-22-27-10-13-29(14-11-27)54(59)60/h5-11,13-14,19-20,25,28,30,34-37,49,55-56H,12,15-18,21-24H2,1-4H3,(H,50,57)(H,51,58)/b33-19-,47-32-,52-48-/t25?,28?,30?,34-,35?,36?,37?,40?/m0/s1. The van der Waals surface area contributed by atoms with E-state index in [0.29, 0.717) is 24.2 Å². The summed E-state index contributed by atoms with van der Waals surface area (Å²) in [5, 5.41) is 48.4. The smallest absolute Gasteiger partial charge is 0.409 e. The first-order chi connectivity index (χ1) is 29.4. The van der Waals surface area contributed by atoms with Crippen molar-refractivity contribution in [1.82, 2.24) is 20.9 Å². The molecular formula is C41H53Cl3F2N8O8. The van der Waals surface area contributed by atoms with Crippen molar-refractivity contribution in [2.24, 2.45) is 27.1 Å². The average Bonchev–Trinajstić information content (AvgIpc) is 3.25. The van der Waals surface area contributed by atoms with E-state index in [1.54, 1.807) is 14.0 Å². The molecule has 4 rings (SSSR count). The second-order valence-electron chi connectivity index (χ2n) is 15.2. The molecule has 16 nitrogen and oxygen atoms in total. The van der Waals surface area contributed by atoms with Crippen molar-refractivity contribution in [3.8, 4) is 0 Å². The number of azo groups is 1. The highest BCUT2D eigenvalue weighted by molar-refractivity contribution is 6.35. The maximum Gasteiger partial charge on any atom is 0.409 e. The van der Waals surface area contributed by atoms with Crippen LogP contribution in [0, 0.1) is 22.0 Å². The van der Waals surface area contributed by atoms with Gasteiger partial charge in [-0.1, -0.05) is 37.3 Å². The first kappa shape index (κ1) is 50.2. The van der Waals surface area contributed by atoms with Gasteiger partial charge in [-0.3, -0.25) is 25.3 Å². The minimum Gasteiger partial charge on any atom is -0.445 e. The van der Waals surface area contributed by atoms with Gasteiger partial charge in [0.15, 0.2) is 0 Å². The Morgan fingerprint density at radius 3 is 2.52 bits per heavy atom. The van der Waals surface area contributed by atoms with E-state index in [-0.39, 0.29) is 61.2 Å². The van der Waals surface area contributed by atoms with Crippen LogP contribution in [0.4, 0.5) is 24.1 Å². The zero-order chi connectivity index (χ0) is 45.6. The summed E-state index contributed by atoms with van der Waals surface area (Å²) in [4.78, 5) is 41.3. The topological polar surface area (TPSA) is 213 Å². The summed E-state index contributed by atoms with van der Waals surface area (Å²) in [6.45, 7) is 2.74. The van der Waals surface area contributed by atoms with E-state index in [1.807, 2.05) is 37.3 Å². The largest absolute Gasteiger partial charge is 0.445 e. The highest BCUT2D eigenvalue weighted by Gasteiger charge is 2.55. The van der Waals surface area contributed by atoms with Crippen molar-refractivity contribution in [3.05, 3.63) is 99.5 Å². The predicted molar refractivity (Wildman–Crippen MR) is 231 cm³/mol. The van der Waals surface area contributed by atoms with E-state index in [1.165, 1.54) is 43.7 Å². The number of halogens is 5. The number of nitro groups is 1. The number of alkyl halides is 5. The summed E-state index contributed by atoms with van der Waals surface area (Å²) in [6, 6.07) is 13.8. The number of urea groups is 1. The van der Waals surface area contributed by atoms with Gasteiger partial charge in [-0.05, 0) is 61.8 Å². The maximum atomic E-state index is 15.9. The second-order valence-corrected chi connectivity index (χ2v) is 16.8. The Labute approximate surface area is 373 Å². The number of nitro benzene ring substituents is 1. The lowest BCUT2D eigenvalue weighted by molar-refractivity contribution is -0.384. The third-order valence-corrected chi connectivity index (χ3v) is 12.6. The van der Waals surface area contributed by atoms with Crippen LogP contribution in [0.15, 0.2) is 93.5 Å². The molecule has 2 aliphatic rings. The number of carbonyl (C=O) groups is 2. The lowest BCUT2D eigenvalue weighted by atomic mass is 9.86. The number of hydrogen-bond donors (Lipinski definition) is 5. The molecule has 3 amide bonds. The van der Waals surface area contributed by atoms with Crippen molar-refractivity contribution in [2.45, 2.75) is 93.3 Å². The monoisotopic (exact) mass is 928 g/mol. The van der Waals surface area contributed by atoms with Crippen LogP contribution in [0.5, 0.6) is 0 Å². The number of aliphatic imine (C=N–C) groups is 1. The Balaban J connectivity index is 1.45. The third kappa shape index (κ3) is 13.8. The summed E-state index contributed by atoms with van der Waals surface area (Å²) in [5.74, 6) is -4.92. The number of hydrogen-bond acceptors (Lipinski definition) is 12. The predicted octanol–water partition coefficient (Wildman–Crippen LogP) is 7.25. The van der Waals surface area contributed by atoms with E-state index in [0.717, 1.165) is 10.5 Å². The number of nitrogens with one attached hydrogen (secondary N) is 3. The number of rotatable bonds is 21. The Bertz CT molecular complexity index is 1940. The Morgan fingerprint density at radius 2 is 1.89 bits per heavy atom. The molecule has 0 radical (unpaired) electrons. The first-order valence-electron chi connectivity index (χ1n) is 19.8. The van der Waals surface area contributed by atoms with Crippen LogP contribution in [-0.2, 0) is 22.6 Å². The molecule has 0 saturated carbocycles. The molecule has 340 valence electrons. The molecule has 2 aromatic rings. The lowest BCUT2D eigenvalue weighted by Gasteiger charge is -2.42. The molecule has 7 unspecified atom stereocenters. The van der Waals surface area contributed by atoms with Gasteiger partial charge in [0.25, 0.3) is 5.69 Å². The fraction of sp³-hybridized carbons (Fsp3) is 0.537. The minimum absolute atomic E-state index is 0.0179. The van der Waals surface area contributed by atoms with Crippen LogP contribution < -0.4 is 16.0 Å². The molecule has 5 N–H and O–H groups in total. The van der Waals surface area contributed by atoms with Gasteiger partial charge >= 0.3 is 18.0 Å². The van der Waals surface area contributed by atoms with E-state index in [9.17, 15) is 29.9 Å². The highest BCUT2D eigenvalue weighted by atomic mass is 35.5. The summed E-state index contributed by atoms with van der Waals surface area (Å²) in [7, 11) is 2.98. The molecule has 0 aliphatic carbocycles. The van der Waals surface area contributed by atoms with Crippen LogP contribution in [0.3, 0.4) is 0 Å². The van der Waals surface area contributed by atoms with Crippen molar-refractivity contribution in [3.63, 3.8) is 0 Å². The Morgan fingerprint density at radius 1 is 1.19 bits per heavy atom. The summed E-state index contributed by atoms with van der Waals surface area (Å²) in [6.07, 6.45) is -3.91. The number of aliphatic hydroxyl groups is 2. The van der Waals surface area contributed by atoms with E-state index in [2.05, 4.69) is 31.2 Å². The average molecular weight is 930 g/mol. The van der Waals surface area contributed by atoms with Crippen LogP contribution >= 0.6 is 34.8 Å². The Kier molecular flexibility index (Phi) is 18.9. The highest BCUT2D eigenvalue weighted by Crippen LogP contribution is 2.38. The third-order valence-electron chi connectivity index (χ3n) is 10.8. The normalized spacial score (nSPS) is 23.1. The molecule has 1 saturated heterocycles. The number of benzene rings is 2. The van der Waals surface area contributed by atoms with Crippen molar-refractivity contribution < 1.29 is 43.0 Å². The lowest BCUT2D eigenvalue weighted by Crippen LogP contribution is -2.61. The second kappa shape index (κ2) is 23.3. The molecule has 21 heteroatoms. The zero-order valence-electron chi connectivity index (χ0n) is 34.7. The number of non-ortho nitro benzene ring substituents is 1. The molecule has 2 aliphatic heterocycles. The quantitative estimate of drug-likeness (QED) is 0.0280. The molecule has 1 fully saturated rings. The molecule has 0 aromatic heterocycles. The van der Waals surface area contributed by atoms with Gasteiger partial charge in [-0.25, -0.2) is 18.4 Å². The van der Waals surface area contributed by atoms with E-state index < -0.39 is 70.2 Å². The first-order valence-corrected chi connectivity index (χ1v) is 21.2. The SMILES string of the molecule is C/N=N\C(=C/NCc1ccccc1)C1=CN(C[C@@H]2OCC(CCC(O)CC/C(=N/C)C(Cl)C(C)C(C)(Cl)CCl)C(O)C2(F)F)C(=O)NC1NC(=O)OCc1ccc([N+](=O)[O-])cc1. The number of nitrogens with zero attached hydrogens (tertiary/aromatic N) is 5. The maximum absolute atomic E-state index is 15.9. The van der Waals surface area contributed by atoms with Crippen LogP contribution in [0.25, 0.3) is 0 Å². The molecule has 8 atom stereocenters. The number of alkyl carbamates (subject to hydrolysis) is 1. The summed E-state index contributed by atoms with van der Waals surface area (Å²) < 4.78 is 42.8. The van der Waals surface area contributed by atoms with Gasteiger partial charge in [0.1, 0.15) is 30.7 Å². The molecule has 62 heavy (non-hydrogen) atoms. The van der Waals surface area contributed by atoms with Gasteiger partial charge < -0.3 is 30.3 Å². The molecule has 0 spiro atoms. The van der Waals surface area contributed by atoms with Gasteiger partial charge in [0.2, 0.25) is 0 Å². The van der Waals surface area contributed by atoms with Gasteiger partial charge in [-0.2, -0.15) is 10.2 Å². The van der Waals surface area contributed by atoms with Crippen molar-refractivity contribution >= 4 is 58.3 Å². The van der Waals surface area contributed by atoms with E-state index in [4.69, 9.17) is 44.3 Å². The number of carbonyl (C=O) groups excluding carboxylic acids is 2. The molecule has 0 bridgehead atoms. The number of amides is 3. The van der Waals surface area contributed by atoms with Crippen LogP contribution in [0.1, 0.15) is 50.7 Å². The minimum atomic E-state index is -3.82. The van der Waals surface area contributed by atoms with E-state index >= 15 is 8.78 Å². The zero-order valence-corrected chi connectivity index (χ0v) is 37.0. The van der Waals surface area contributed by atoms with Gasteiger partial charge in [0, 0.05) is 68.3 Å². The van der Waals surface area contributed by atoms with Gasteiger partial charge in [-0.15, -0.1) is 34.8 Å². The van der Waals surface area contributed by atoms with Crippen molar-refractivity contribution in [2.75, 3.05) is 33.1 Å². The molecular weight excluding hydrogens is 877 g/mol.